The Labute approximate surface area is 74.3 Å². The zero-order valence-electron chi connectivity index (χ0n) is 6.74. The van der Waals surface area contributed by atoms with E-state index in [9.17, 15) is 4.79 Å². The molecule has 62 valence electrons. The summed E-state index contributed by atoms with van der Waals surface area (Å²) in [6, 6.07) is 10.7. The highest BCUT2D eigenvalue weighted by Crippen LogP contribution is 2.08. The standard InChI is InChI=1S/C10H6N2O/c11-6-8-5-7-3-1-2-4-9(7)10(13)12-8/h1-5H,(H,12,13). The maximum Gasteiger partial charge on any atom is 0.256 e. The Morgan fingerprint density at radius 1 is 1.31 bits per heavy atom. The minimum Gasteiger partial charge on any atom is -0.313 e. The van der Waals surface area contributed by atoms with Crippen LogP contribution in [0.5, 0.6) is 0 Å². The smallest absolute Gasteiger partial charge is 0.256 e. The van der Waals surface area contributed by atoms with Crippen molar-refractivity contribution in [3.8, 4) is 6.07 Å². The van der Waals surface area contributed by atoms with Gasteiger partial charge >= 0.3 is 0 Å². The van der Waals surface area contributed by atoms with Gasteiger partial charge in [0.15, 0.2) is 0 Å². The van der Waals surface area contributed by atoms with Gasteiger partial charge < -0.3 is 4.98 Å². The summed E-state index contributed by atoms with van der Waals surface area (Å²) in [7, 11) is 0. The number of aromatic amines is 1. The van der Waals surface area contributed by atoms with Crippen LogP contribution < -0.4 is 5.56 Å². The van der Waals surface area contributed by atoms with Crippen molar-refractivity contribution >= 4 is 10.8 Å². The van der Waals surface area contributed by atoms with E-state index in [0.717, 1.165) is 5.39 Å². The fraction of sp³-hybridized carbons (Fsp3) is 0. The number of pyridine rings is 1. The van der Waals surface area contributed by atoms with Crippen LogP contribution in [0.2, 0.25) is 0 Å². The quantitative estimate of drug-likeness (QED) is 0.649. The second-order valence-corrected chi connectivity index (χ2v) is 2.71. The number of benzene rings is 1. The molecule has 0 atom stereocenters. The first-order valence-corrected chi connectivity index (χ1v) is 3.83. The van der Waals surface area contributed by atoms with E-state index < -0.39 is 0 Å². The number of nitrogens with zero attached hydrogens (tertiary/aromatic N) is 1. The summed E-state index contributed by atoms with van der Waals surface area (Å²) < 4.78 is 0. The Hall–Kier alpha value is -2.08. The number of hydrogen-bond acceptors (Lipinski definition) is 2. The molecular weight excluding hydrogens is 164 g/mol. The number of H-pyrrole nitrogens is 1. The van der Waals surface area contributed by atoms with E-state index >= 15 is 0 Å². The van der Waals surface area contributed by atoms with Crippen molar-refractivity contribution in [1.82, 2.24) is 4.98 Å². The molecule has 13 heavy (non-hydrogen) atoms. The molecule has 0 aliphatic rings. The molecule has 0 aliphatic carbocycles. The highest BCUT2D eigenvalue weighted by Gasteiger charge is 1.98. The zero-order chi connectivity index (χ0) is 9.26. The van der Waals surface area contributed by atoms with Gasteiger partial charge in [-0.15, -0.1) is 0 Å². The lowest BCUT2D eigenvalue weighted by Gasteiger charge is -1.95. The third-order valence-corrected chi connectivity index (χ3v) is 1.87. The minimum absolute atomic E-state index is 0.213. The van der Waals surface area contributed by atoms with Gasteiger partial charge in [0.25, 0.3) is 5.56 Å². The molecule has 1 aromatic carbocycles. The summed E-state index contributed by atoms with van der Waals surface area (Å²) in [5.74, 6) is 0. The molecule has 3 heteroatoms. The van der Waals surface area contributed by atoms with Crippen molar-refractivity contribution in [3.63, 3.8) is 0 Å². The van der Waals surface area contributed by atoms with Crippen LogP contribution in [0.1, 0.15) is 5.69 Å². The van der Waals surface area contributed by atoms with E-state index in [4.69, 9.17) is 5.26 Å². The largest absolute Gasteiger partial charge is 0.313 e. The van der Waals surface area contributed by atoms with E-state index in [1.165, 1.54) is 0 Å². The number of aromatic nitrogens is 1. The molecule has 0 unspecified atom stereocenters. The molecule has 0 saturated carbocycles. The van der Waals surface area contributed by atoms with Crippen LogP contribution in [0.4, 0.5) is 0 Å². The summed E-state index contributed by atoms with van der Waals surface area (Å²) >= 11 is 0. The van der Waals surface area contributed by atoms with Gasteiger partial charge in [0, 0.05) is 5.39 Å². The maximum atomic E-state index is 11.4. The highest BCUT2D eigenvalue weighted by atomic mass is 16.1. The maximum absolute atomic E-state index is 11.4. The number of fused-ring (bicyclic) bond motifs is 1. The summed E-state index contributed by atoms with van der Waals surface area (Å²) in [6.07, 6.45) is 0. The van der Waals surface area contributed by atoms with Crippen LogP contribution in [0.3, 0.4) is 0 Å². The third kappa shape index (κ3) is 1.18. The van der Waals surface area contributed by atoms with Crippen LogP contribution in [0.15, 0.2) is 35.1 Å². The normalized spacial score (nSPS) is 9.77. The monoisotopic (exact) mass is 170 g/mol. The van der Waals surface area contributed by atoms with Crippen molar-refractivity contribution in [2.24, 2.45) is 0 Å². The molecule has 1 heterocycles. The van der Waals surface area contributed by atoms with Gasteiger partial charge in [0.2, 0.25) is 0 Å². The van der Waals surface area contributed by atoms with Crippen LogP contribution in [-0.4, -0.2) is 4.98 Å². The second-order valence-electron chi connectivity index (χ2n) is 2.71. The number of nitrogens with one attached hydrogen (secondary N) is 1. The summed E-state index contributed by atoms with van der Waals surface area (Å²) in [5, 5.41) is 10.0. The van der Waals surface area contributed by atoms with E-state index in [1.807, 2.05) is 18.2 Å². The van der Waals surface area contributed by atoms with E-state index in [2.05, 4.69) is 4.98 Å². The number of rotatable bonds is 0. The first-order valence-electron chi connectivity index (χ1n) is 3.83. The van der Waals surface area contributed by atoms with Gasteiger partial charge in [-0.25, -0.2) is 0 Å². The predicted octanol–water partition coefficient (Wildman–Crippen LogP) is 1.40. The molecule has 3 nitrogen and oxygen atoms in total. The molecular formula is C10H6N2O. The first kappa shape index (κ1) is 7.56. The Balaban J connectivity index is 2.95. The fourth-order valence-corrected chi connectivity index (χ4v) is 1.27. The molecule has 2 aromatic rings. The van der Waals surface area contributed by atoms with Crippen LogP contribution in [-0.2, 0) is 0 Å². The van der Waals surface area contributed by atoms with Crippen molar-refractivity contribution in [3.05, 3.63) is 46.4 Å². The van der Waals surface area contributed by atoms with E-state index in [0.29, 0.717) is 11.1 Å². The molecule has 1 N–H and O–H groups in total. The lowest BCUT2D eigenvalue weighted by atomic mass is 10.1. The van der Waals surface area contributed by atoms with Gasteiger partial charge in [0.05, 0.1) is 0 Å². The molecule has 0 amide bonds. The minimum atomic E-state index is -0.213. The average molecular weight is 170 g/mol. The molecule has 0 bridgehead atoms. The van der Waals surface area contributed by atoms with E-state index in [-0.39, 0.29) is 5.56 Å². The Bertz CT molecular complexity index is 549. The molecule has 0 fully saturated rings. The Morgan fingerprint density at radius 3 is 2.85 bits per heavy atom. The van der Waals surface area contributed by atoms with Gasteiger partial charge in [-0.2, -0.15) is 5.26 Å². The summed E-state index contributed by atoms with van der Waals surface area (Å²) in [5.41, 5.74) is 0.0818. The average Bonchev–Trinajstić information content (AvgIpc) is 2.18. The van der Waals surface area contributed by atoms with Crippen LogP contribution in [0.25, 0.3) is 10.8 Å². The van der Waals surface area contributed by atoms with E-state index in [1.54, 1.807) is 18.2 Å². The van der Waals surface area contributed by atoms with Gasteiger partial charge in [-0.1, -0.05) is 18.2 Å². The predicted molar refractivity (Wildman–Crippen MR) is 49.3 cm³/mol. The van der Waals surface area contributed by atoms with Crippen molar-refractivity contribution in [2.45, 2.75) is 0 Å². The third-order valence-electron chi connectivity index (χ3n) is 1.87. The lowest BCUT2D eigenvalue weighted by molar-refractivity contribution is 1.23. The Kier molecular flexibility index (Phi) is 1.60. The molecule has 0 aliphatic heterocycles. The molecule has 0 spiro atoms. The highest BCUT2D eigenvalue weighted by molar-refractivity contribution is 5.82. The van der Waals surface area contributed by atoms with Gasteiger partial charge in [0.1, 0.15) is 11.8 Å². The lowest BCUT2D eigenvalue weighted by Crippen LogP contribution is -2.07. The SMILES string of the molecule is N#Cc1cc2ccccc2c(=O)[nH]1. The molecule has 2 rings (SSSR count). The number of hydrogen-bond donors (Lipinski definition) is 1. The molecule has 0 saturated heterocycles. The van der Waals surface area contributed by atoms with Crippen molar-refractivity contribution in [2.75, 3.05) is 0 Å². The van der Waals surface area contributed by atoms with Crippen LogP contribution >= 0.6 is 0 Å². The topological polar surface area (TPSA) is 56.6 Å². The second kappa shape index (κ2) is 2.76. The summed E-state index contributed by atoms with van der Waals surface area (Å²) in [4.78, 5) is 13.8. The van der Waals surface area contributed by atoms with Crippen LogP contribution in [0, 0.1) is 11.3 Å². The van der Waals surface area contributed by atoms with Gasteiger partial charge in [-0.3, -0.25) is 4.79 Å². The number of nitriles is 1. The summed E-state index contributed by atoms with van der Waals surface area (Å²) in [6.45, 7) is 0. The molecule has 0 radical (unpaired) electrons. The fourth-order valence-electron chi connectivity index (χ4n) is 1.27. The van der Waals surface area contributed by atoms with Gasteiger partial charge in [-0.05, 0) is 17.5 Å². The van der Waals surface area contributed by atoms with Crippen molar-refractivity contribution < 1.29 is 0 Å². The first-order chi connectivity index (χ1) is 6.31. The zero-order valence-corrected chi connectivity index (χ0v) is 6.74. The van der Waals surface area contributed by atoms with Crippen molar-refractivity contribution in [1.29, 1.82) is 5.26 Å². The Morgan fingerprint density at radius 2 is 2.08 bits per heavy atom. The molecule has 1 aromatic heterocycles.